The molecule has 0 aliphatic carbocycles. The van der Waals surface area contributed by atoms with Crippen molar-refractivity contribution in [2.45, 2.75) is 39.7 Å². The number of hydrogen-bond acceptors (Lipinski definition) is 9. The van der Waals surface area contributed by atoms with Crippen LogP contribution in [0.25, 0.3) is 0 Å². The Bertz CT molecular complexity index is 1300. The van der Waals surface area contributed by atoms with Crippen LogP contribution in [-0.4, -0.2) is 61.1 Å². The fraction of sp³-hybridized carbons (Fsp3) is 0.414. The Hall–Kier alpha value is -4.21. The van der Waals surface area contributed by atoms with Gasteiger partial charge in [0.2, 0.25) is 0 Å². The Balaban J connectivity index is 0.00000441. The number of rotatable bonds is 7. The predicted octanol–water partition coefficient (Wildman–Crippen LogP) is 3.86. The van der Waals surface area contributed by atoms with E-state index in [1.807, 2.05) is 32.9 Å². The van der Waals surface area contributed by atoms with E-state index < -0.39 is 0 Å². The normalized spacial score (nSPS) is 18.2. The van der Waals surface area contributed by atoms with Crippen LogP contribution in [0.3, 0.4) is 0 Å². The van der Waals surface area contributed by atoms with Crippen molar-refractivity contribution in [3.05, 3.63) is 70.7 Å². The Morgan fingerprint density at radius 1 is 1.23 bits per heavy atom. The van der Waals surface area contributed by atoms with Crippen molar-refractivity contribution in [3.63, 3.8) is 0 Å². The van der Waals surface area contributed by atoms with Gasteiger partial charge in [-0.05, 0) is 75.7 Å². The molecular weight excluding hydrogens is 494 g/mol. The summed E-state index contributed by atoms with van der Waals surface area (Å²) in [4.78, 5) is 20.6. The number of methoxy groups -OCH3 is 1. The second-order valence-corrected chi connectivity index (χ2v) is 10.6. The van der Waals surface area contributed by atoms with Gasteiger partial charge in [0.15, 0.2) is 0 Å². The van der Waals surface area contributed by atoms with Crippen molar-refractivity contribution in [1.82, 2.24) is 9.88 Å². The minimum atomic E-state index is -0.343. The van der Waals surface area contributed by atoms with Gasteiger partial charge in [0.1, 0.15) is 17.7 Å². The molecule has 3 heterocycles. The number of piperidine rings is 1. The van der Waals surface area contributed by atoms with E-state index in [1.54, 1.807) is 29.3 Å². The maximum atomic E-state index is 12.0. The zero-order valence-corrected chi connectivity index (χ0v) is 23.2. The Labute approximate surface area is 231 Å². The number of ether oxygens (including phenoxy) is 2. The fourth-order valence-corrected chi connectivity index (χ4v) is 5.68. The van der Waals surface area contributed by atoms with Gasteiger partial charge < -0.3 is 36.5 Å². The molecule has 10 heteroatoms. The zero-order chi connectivity index (χ0) is 28.3. The van der Waals surface area contributed by atoms with Crippen molar-refractivity contribution >= 4 is 23.3 Å². The average molecular weight is 536 g/mol. The molecule has 0 unspecified atom stereocenters. The molecule has 2 fully saturated rings. The largest absolute Gasteiger partial charge is 0.486 e. The smallest absolute Gasteiger partial charge is 0.409 e. The molecule has 1 aromatic carbocycles. The van der Waals surface area contributed by atoms with E-state index in [9.17, 15) is 4.79 Å². The Kier molecular flexibility index (Phi) is 8.03. The highest BCUT2D eigenvalue weighted by molar-refractivity contribution is 6.13. The lowest BCUT2D eigenvalue weighted by atomic mass is 9.73. The van der Waals surface area contributed by atoms with E-state index in [0.717, 1.165) is 49.4 Å². The first-order chi connectivity index (χ1) is 18.6. The van der Waals surface area contributed by atoms with Crippen LogP contribution in [0, 0.1) is 10.8 Å². The standard InChI is InChI=1S/C29H39N7O3.H2/c1-18(13-30)26(19(2)31)20(3)39-22-7-8-24(32)23(12-22)27(33)21-6-9-25(34-14-21)36-16-29(17-36)10-5-11-35(15-29)28(37)38-4;/h6-9,12-14,20,33H,5,10-11,15-17,30-32H2,1-4H3;1H/b18-13-,26-19+,33-27?;/t20-;/m1./s1. The molecule has 2 aliphatic rings. The number of hydrogen-bond donors (Lipinski definition) is 4. The lowest BCUT2D eigenvalue weighted by molar-refractivity contribution is 0.0501. The lowest BCUT2D eigenvalue weighted by Gasteiger charge is -2.54. The lowest BCUT2D eigenvalue weighted by Crippen LogP contribution is -2.63. The number of pyridine rings is 1. The van der Waals surface area contributed by atoms with Gasteiger partial charge in [0.05, 0.1) is 12.8 Å². The van der Waals surface area contributed by atoms with Crippen molar-refractivity contribution in [3.8, 4) is 5.75 Å². The molecule has 2 aliphatic heterocycles. The number of aromatic nitrogens is 1. The molecule has 4 rings (SSSR count). The molecule has 0 bridgehead atoms. The molecule has 10 nitrogen and oxygen atoms in total. The number of carbonyl (C=O) groups is 1. The van der Waals surface area contributed by atoms with Gasteiger partial charge in [-0.3, -0.25) is 5.41 Å². The summed E-state index contributed by atoms with van der Waals surface area (Å²) in [7, 11) is 1.43. The summed E-state index contributed by atoms with van der Waals surface area (Å²) >= 11 is 0. The summed E-state index contributed by atoms with van der Waals surface area (Å²) in [6.45, 7) is 8.74. The second kappa shape index (κ2) is 11.3. The Morgan fingerprint density at radius 3 is 2.59 bits per heavy atom. The van der Waals surface area contributed by atoms with Crippen LogP contribution in [0.1, 0.15) is 46.2 Å². The fourth-order valence-electron chi connectivity index (χ4n) is 5.68. The first-order valence-electron chi connectivity index (χ1n) is 13.1. The van der Waals surface area contributed by atoms with Crippen LogP contribution < -0.4 is 26.8 Å². The molecule has 0 radical (unpaired) electrons. The van der Waals surface area contributed by atoms with E-state index in [-0.39, 0.29) is 24.8 Å². The van der Waals surface area contributed by atoms with Crippen LogP contribution in [0.5, 0.6) is 5.75 Å². The van der Waals surface area contributed by atoms with Gasteiger partial charge in [0, 0.05) is 67.3 Å². The number of nitrogens with two attached hydrogens (primary N) is 3. The third-order valence-electron chi connectivity index (χ3n) is 7.62. The highest BCUT2D eigenvalue weighted by atomic mass is 16.5. The molecule has 7 N–H and O–H groups in total. The number of carbonyl (C=O) groups excluding carboxylic acids is 1. The van der Waals surface area contributed by atoms with E-state index in [0.29, 0.717) is 34.8 Å². The maximum Gasteiger partial charge on any atom is 0.409 e. The third-order valence-corrected chi connectivity index (χ3v) is 7.62. The zero-order valence-electron chi connectivity index (χ0n) is 23.2. The first-order valence-corrected chi connectivity index (χ1v) is 13.1. The number of likely N-dealkylation sites (tertiary alicyclic amines) is 1. The summed E-state index contributed by atoms with van der Waals surface area (Å²) in [5.41, 5.74) is 22.4. The molecule has 2 saturated heterocycles. The number of allylic oxidation sites excluding steroid dienone is 1. The molecule has 1 atom stereocenters. The summed E-state index contributed by atoms with van der Waals surface area (Å²) < 4.78 is 11.1. The van der Waals surface area contributed by atoms with Crippen LogP contribution >= 0.6 is 0 Å². The molecule has 1 amide bonds. The molecule has 1 aromatic heterocycles. The van der Waals surface area contributed by atoms with Gasteiger partial charge in [-0.25, -0.2) is 9.78 Å². The molecule has 39 heavy (non-hydrogen) atoms. The average Bonchev–Trinajstić information content (AvgIpc) is 2.91. The van der Waals surface area contributed by atoms with Crippen molar-refractivity contribution in [2.24, 2.45) is 16.9 Å². The van der Waals surface area contributed by atoms with Crippen molar-refractivity contribution in [2.75, 3.05) is 43.9 Å². The maximum absolute atomic E-state index is 12.0. The monoisotopic (exact) mass is 535 g/mol. The molecular formula is C29H41N7O3. The van der Waals surface area contributed by atoms with E-state index in [4.69, 9.17) is 32.1 Å². The summed E-state index contributed by atoms with van der Waals surface area (Å²) in [5.74, 6) is 1.43. The van der Waals surface area contributed by atoms with Gasteiger partial charge in [0.25, 0.3) is 0 Å². The summed E-state index contributed by atoms with van der Waals surface area (Å²) in [6.07, 6.45) is 4.67. The quantitative estimate of drug-likeness (QED) is 0.236. The van der Waals surface area contributed by atoms with Gasteiger partial charge >= 0.3 is 6.09 Å². The van der Waals surface area contributed by atoms with E-state index in [2.05, 4.69) is 9.88 Å². The number of benzene rings is 1. The predicted molar refractivity (Wildman–Crippen MR) is 156 cm³/mol. The topological polar surface area (TPSA) is 157 Å². The van der Waals surface area contributed by atoms with Crippen LogP contribution in [0.15, 0.2) is 59.6 Å². The first kappa shape index (κ1) is 27.8. The molecule has 0 saturated carbocycles. The highest BCUT2D eigenvalue weighted by Crippen LogP contribution is 2.41. The minimum absolute atomic E-state index is 0. The molecule has 2 aromatic rings. The summed E-state index contributed by atoms with van der Waals surface area (Å²) in [5, 5.41) is 8.82. The summed E-state index contributed by atoms with van der Waals surface area (Å²) in [6, 6.07) is 9.10. The number of nitrogen functional groups attached to an aromatic ring is 1. The van der Waals surface area contributed by atoms with Crippen molar-refractivity contribution < 1.29 is 15.7 Å². The second-order valence-electron chi connectivity index (χ2n) is 10.6. The number of anilines is 2. The van der Waals surface area contributed by atoms with E-state index in [1.165, 1.54) is 13.3 Å². The third kappa shape index (κ3) is 5.79. The molecule has 1 spiro atoms. The highest BCUT2D eigenvalue weighted by Gasteiger charge is 2.47. The van der Waals surface area contributed by atoms with Gasteiger partial charge in [-0.2, -0.15) is 0 Å². The minimum Gasteiger partial charge on any atom is -0.486 e. The molecule has 210 valence electrons. The van der Waals surface area contributed by atoms with Gasteiger partial charge in [-0.15, -0.1) is 0 Å². The SMILES string of the molecule is COC(=O)N1CCCC2(C1)CN(c1ccc(C(=N)c3cc(O[C@H](C)C(/C(C)=C\N)=C(\C)N)ccc3N)cn1)C2.[HH]. The number of amides is 1. The number of nitrogens with one attached hydrogen (secondary N) is 1. The van der Waals surface area contributed by atoms with Crippen molar-refractivity contribution in [1.29, 1.82) is 5.41 Å². The number of nitrogens with zero attached hydrogens (tertiary/aromatic N) is 3. The van der Waals surface area contributed by atoms with Crippen LogP contribution in [0.2, 0.25) is 0 Å². The van der Waals surface area contributed by atoms with Gasteiger partial charge in [-0.1, -0.05) is 0 Å². The van der Waals surface area contributed by atoms with Crippen LogP contribution in [0.4, 0.5) is 16.3 Å². The van der Waals surface area contributed by atoms with Crippen LogP contribution in [-0.2, 0) is 4.74 Å². The van der Waals surface area contributed by atoms with E-state index >= 15 is 0 Å². The Morgan fingerprint density at radius 2 is 1.97 bits per heavy atom.